The number of primary sulfonamides is 1. The third-order valence-electron chi connectivity index (χ3n) is 5.04. The quantitative estimate of drug-likeness (QED) is 0.682. The molecule has 0 unspecified atom stereocenters. The summed E-state index contributed by atoms with van der Waals surface area (Å²) in [4.78, 5) is 9.12. The minimum atomic E-state index is -3.66. The fourth-order valence-corrected chi connectivity index (χ4v) is 3.86. The number of benzene rings is 2. The van der Waals surface area contributed by atoms with Gasteiger partial charge in [-0.2, -0.15) is 4.98 Å². The normalized spacial score (nSPS) is 15.6. The van der Waals surface area contributed by atoms with Gasteiger partial charge in [0.25, 0.3) is 0 Å². The molecule has 2 heterocycles. The number of hydrogen-bond acceptors (Lipinski definition) is 7. The van der Waals surface area contributed by atoms with Crippen LogP contribution in [0.4, 0.5) is 5.69 Å². The number of sulfonamides is 1. The van der Waals surface area contributed by atoms with Crippen molar-refractivity contribution in [3.05, 3.63) is 60.0 Å². The summed E-state index contributed by atoms with van der Waals surface area (Å²) in [6.07, 6.45) is 0. The maximum Gasteiger partial charge on any atom is 0.241 e. The van der Waals surface area contributed by atoms with Gasteiger partial charge in [-0.15, -0.1) is 0 Å². The highest BCUT2D eigenvalue weighted by Gasteiger charge is 2.20. The van der Waals surface area contributed by atoms with Gasteiger partial charge in [0.05, 0.1) is 11.4 Å². The lowest BCUT2D eigenvalue weighted by molar-refractivity contribution is 0.215. The van der Waals surface area contributed by atoms with Crippen molar-refractivity contribution < 1.29 is 12.9 Å². The van der Waals surface area contributed by atoms with Crippen LogP contribution < -0.4 is 10.0 Å². The molecule has 9 heteroatoms. The van der Waals surface area contributed by atoms with Crippen LogP contribution >= 0.6 is 0 Å². The molecule has 2 aromatic carbocycles. The second kappa shape index (κ2) is 7.94. The van der Waals surface area contributed by atoms with Crippen LogP contribution in [0.25, 0.3) is 11.4 Å². The molecule has 0 amide bonds. The summed E-state index contributed by atoms with van der Waals surface area (Å²) in [6, 6.07) is 14.7. The number of nitrogens with two attached hydrogens (primary N) is 1. The predicted molar refractivity (Wildman–Crippen MR) is 110 cm³/mol. The molecule has 3 aromatic rings. The first-order valence-corrected chi connectivity index (χ1v) is 10.9. The lowest BCUT2D eigenvalue weighted by Crippen LogP contribution is -2.46. The molecule has 0 aliphatic carbocycles. The van der Waals surface area contributed by atoms with E-state index in [2.05, 4.69) is 19.9 Å². The average Bonchev–Trinajstić information content (AvgIpc) is 3.17. The Kier molecular flexibility index (Phi) is 5.35. The van der Waals surface area contributed by atoms with Crippen molar-refractivity contribution >= 4 is 15.7 Å². The summed E-state index contributed by atoms with van der Waals surface area (Å²) in [5.41, 5.74) is 3.12. The van der Waals surface area contributed by atoms with E-state index in [0.717, 1.165) is 37.4 Å². The Morgan fingerprint density at radius 1 is 1.00 bits per heavy atom. The summed E-state index contributed by atoms with van der Waals surface area (Å²) < 4.78 is 28.2. The number of rotatable bonds is 5. The molecule has 8 nitrogen and oxygen atoms in total. The van der Waals surface area contributed by atoms with Crippen LogP contribution in [0.5, 0.6) is 0 Å². The highest BCUT2D eigenvalue weighted by Crippen LogP contribution is 2.20. The molecule has 152 valence electrons. The number of hydrogen-bond donors (Lipinski definition) is 1. The molecule has 0 atom stereocenters. The van der Waals surface area contributed by atoms with Crippen LogP contribution in [-0.4, -0.2) is 49.6 Å². The van der Waals surface area contributed by atoms with Crippen molar-refractivity contribution in [2.45, 2.75) is 18.4 Å². The zero-order valence-corrected chi connectivity index (χ0v) is 17.0. The van der Waals surface area contributed by atoms with Gasteiger partial charge in [-0.1, -0.05) is 35.0 Å². The van der Waals surface area contributed by atoms with Gasteiger partial charge in [0.2, 0.25) is 21.7 Å². The Hall–Kier alpha value is -2.75. The smallest absolute Gasteiger partial charge is 0.241 e. The molecule has 1 saturated heterocycles. The number of nitrogens with zero attached hydrogens (tertiary/aromatic N) is 4. The average molecular weight is 414 g/mol. The summed E-state index contributed by atoms with van der Waals surface area (Å²) in [7, 11) is -3.66. The molecule has 2 N–H and O–H groups in total. The van der Waals surface area contributed by atoms with Gasteiger partial charge in [0.15, 0.2) is 0 Å². The van der Waals surface area contributed by atoms with E-state index >= 15 is 0 Å². The van der Waals surface area contributed by atoms with E-state index in [-0.39, 0.29) is 4.90 Å². The molecule has 4 rings (SSSR count). The summed E-state index contributed by atoms with van der Waals surface area (Å²) in [5, 5.41) is 9.24. The SMILES string of the molecule is Cc1ccc(-c2noc(CN3CCN(c4ccc(S(N)(=O)=O)cc4)CC3)n2)cc1. The van der Waals surface area contributed by atoms with Crippen LogP contribution in [-0.2, 0) is 16.6 Å². The van der Waals surface area contributed by atoms with E-state index < -0.39 is 10.0 Å². The predicted octanol–water partition coefficient (Wildman–Crippen LogP) is 2.01. The van der Waals surface area contributed by atoms with Crippen LogP contribution in [0.2, 0.25) is 0 Å². The summed E-state index contributed by atoms with van der Waals surface area (Å²) >= 11 is 0. The molecule has 1 aromatic heterocycles. The fourth-order valence-electron chi connectivity index (χ4n) is 3.34. The van der Waals surface area contributed by atoms with Crippen molar-refractivity contribution in [1.82, 2.24) is 15.0 Å². The van der Waals surface area contributed by atoms with Gasteiger partial charge in [-0.3, -0.25) is 4.90 Å². The van der Waals surface area contributed by atoms with Crippen molar-refractivity contribution in [3.8, 4) is 11.4 Å². The minimum Gasteiger partial charge on any atom is -0.369 e. The molecule has 1 aliphatic heterocycles. The van der Waals surface area contributed by atoms with Gasteiger partial charge >= 0.3 is 0 Å². The molecule has 1 aliphatic rings. The van der Waals surface area contributed by atoms with E-state index in [9.17, 15) is 8.42 Å². The maximum atomic E-state index is 11.4. The molecule has 0 saturated carbocycles. The van der Waals surface area contributed by atoms with E-state index in [1.807, 2.05) is 31.2 Å². The highest BCUT2D eigenvalue weighted by atomic mass is 32.2. The second-order valence-electron chi connectivity index (χ2n) is 7.18. The first-order chi connectivity index (χ1) is 13.9. The Morgan fingerprint density at radius 3 is 2.28 bits per heavy atom. The van der Waals surface area contributed by atoms with Gasteiger partial charge in [0.1, 0.15) is 0 Å². The standard InChI is InChI=1S/C20H23N5O3S/c1-15-2-4-16(5-3-15)20-22-19(28-23-20)14-24-10-12-25(13-11-24)17-6-8-18(9-7-17)29(21,26)27/h2-9H,10-14H2,1H3,(H2,21,26,27). The van der Waals surface area contributed by atoms with E-state index in [1.165, 1.54) is 5.56 Å². The number of piperazine rings is 1. The Morgan fingerprint density at radius 2 is 1.66 bits per heavy atom. The van der Waals surface area contributed by atoms with Crippen molar-refractivity contribution in [3.63, 3.8) is 0 Å². The number of aryl methyl sites for hydroxylation is 1. The minimum absolute atomic E-state index is 0.126. The Labute approximate surface area is 170 Å². The molecule has 1 fully saturated rings. The van der Waals surface area contributed by atoms with E-state index in [4.69, 9.17) is 9.66 Å². The summed E-state index contributed by atoms with van der Waals surface area (Å²) in [6.45, 7) is 6.00. The van der Waals surface area contributed by atoms with Crippen LogP contribution in [0.1, 0.15) is 11.5 Å². The lowest BCUT2D eigenvalue weighted by atomic mass is 10.1. The summed E-state index contributed by atoms with van der Waals surface area (Å²) in [5.74, 6) is 1.21. The maximum absolute atomic E-state index is 11.4. The van der Waals surface area contributed by atoms with E-state index in [0.29, 0.717) is 18.3 Å². The van der Waals surface area contributed by atoms with Crippen LogP contribution in [0, 0.1) is 6.92 Å². The second-order valence-corrected chi connectivity index (χ2v) is 8.74. The number of aromatic nitrogens is 2. The molecule has 29 heavy (non-hydrogen) atoms. The fraction of sp³-hybridized carbons (Fsp3) is 0.300. The van der Waals surface area contributed by atoms with Gasteiger partial charge in [-0.25, -0.2) is 13.6 Å². The van der Waals surface area contributed by atoms with Crippen LogP contribution in [0.15, 0.2) is 57.9 Å². The first kappa shape index (κ1) is 19.6. The third kappa shape index (κ3) is 4.64. The zero-order chi connectivity index (χ0) is 20.4. The molecular formula is C20H23N5O3S. The van der Waals surface area contributed by atoms with Crippen molar-refractivity contribution in [2.24, 2.45) is 5.14 Å². The molecule has 0 bridgehead atoms. The Bertz CT molecular complexity index is 1070. The lowest BCUT2D eigenvalue weighted by Gasteiger charge is -2.35. The highest BCUT2D eigenvalue weighted by molar-refractivity contribution is 7.89. The van der Waals surface area contributed by atoms with Crippen LogP contribution in [0.3, 0.4) is 0 Å². The first-order valence-electron chi connectivity index (χ1n) is 9.38. The Balaban J connectivity index is 1.34. The monoisotopic (exact) mass is 413 g/mol. The molecular weight excluding hydrogens is 390 g/mol. The third-order valence-corrected chi connectivity index (χ3v) is 5.97. The molecule has 0 radical (unpaired) electrons. The zero-order valence-electron chi connectivity index (χ0n) is 16.2. The van der Waals surface area contributed by atoms with Crippen molar-refractivity contribution in [2.75, 3.05) is 31.1 Å². The largest absolute Gasteiger partial charge is 0.369 e. The molecule has 0 spiro atoms. The van der Waals surface area contributed by atoms with Crippen molar-refractivity contribution in [1.29, 1.82) is 0 Å². The number of anilines is 1. The topological polar surface area (TPSA) is 106 Å². The van der Waals surface area contributed by atoms with E-state index in [1.54, 1.807) is 24.3 Å². The van der Waals surface area contributed by atoms with Gasteiger partial charge < -0.3 is 9.42 Å². The van der Waals surface area contributed by atoms with Gasteiger partial charge in [0, 0.05) is 37.4 Å². The van der Waals surface area contributed by atoms with Gasteiger partial charge in [-0.05, 0) is 31.2 Å².